The Kier molecular flexibility index (Phi) is 5.20. The lowest BCUT2D eigenvalue weighted by Crippen LogP contribution is -2.16. The maximum atomic E-state index is 10.9. The number of hydrogen-bond acceptors (Lipinski definition) is 3. The van der Waals surface area contributed by atoms with E-state index in [0.717, 1.165) is 15.7 Å². The lowest BCUT2D eigenvalue weighted by atomic mass is 10.1. The number of rotatable bonds is 5. The van der Waals surface area contributed by atoms with E-state index in [0.29, 0.717) is 12.1 Å². The van der Waals surface area contributed by atoms with Gasteiger partial charge in [-0.1, -0.05) is 28.1 Å². The molecule has 0 aromatic heterocycles. The van der Waals surface area contributed by atoms with E-state index < -0.39 is 4.92 Å². The lowest BCUT2D eigenvalue weighted by molar-refractivity contribution is -0.385. The van der Waals surface area contributed by atoms with E-state index in [4.69, 9.17) is 11.6 Å². The van der Waals surface area contributed by atoms with Crippen LogP contribution in [0.15, 0.2) is 46.9 Å². The molecule has 0 bridgehead atoms. The summed E-state index contributed by atoms with van der Waals surface area (Å²) in [5, 5.41) is 10.9. The van der Waals surface area contributed by atoms with Gasteiger partial charge in [-0.3, -0.25) is 10.1 Å². The molecule has 2 aromatic carbocycles. The van der Waals surface area contributed by atoms with Crippen molar-refractivity contribution in [2.75, 3.05) is 11.9 Å². The van der Waals surface area contributed by atoms with Gasteiger partial charge in [-0.15, -0.1) is 11.6 Å². The molecule has 21 heavy (non-hydrogen) atoms. The highest BCUT2D eigenvalue weighted by molar-refractivity contribution is 9.10. The number of nitrogens with zero attached hydrogens (tertiary/aromatic N) is 2. The van der Waals surface area contributed by atoms with Gasteiger partial charge < -0.3 is 4.90 Å². The van der Waals surface area contributed by atoms with E-state index in [1.165, 1.54) is 6.07 Å². The smallest absolute Gasteiger partial charge is 0.273 e. The summed E-state index contributed by atoms with van der Waals surface area (Å²) in [6.07, 6.45) is 0. The molecule has 0 aliphatic rings. The van der Waals surface area contributed by atoms with Crippen LogP contribution in [0.2, 0.25) is 0 Å². The fraction of sp³-hybridized carbons (Fsp3) is 0.200. The molecule has 0 saturated heterocycles. The highest BCUT2D eigenvalue weighted by Gasteiger charge is 2.14. The highest BCUT2D eigenvalue weighted by Crippen LogP contribution is 2.27. The first kappa shape index (κ1) is 15.8. The molecular formula is C15H14BrClN2O2. The van der Waals surface area contributed by atoms with Crippen molar-refractivity contribution in [2.24, 2.45) is 0 Å². The Morgan fingerprint density at radius 1 is 1.29 bits per heavy atom. The molecule has 2 rings (SSSR count). The van der Waals surface area contributed by atoms with Crippen molar-refractivity contribution in [1.29, 1.82) is 0 Å². The molecule has 0 N–H and O–H groups in total. The molecule has 0 radical (unpaired) electrons. The second-order valence-electron chi connectivity index (χ2n) is 4.69. The number of benzene rings is 2. The van der Waals surface area contributed by atoms with Crippen LogP contribution < -0.4 is 4.90 Å². The van der Waals surface area contributed by atoms with E-state index >= 15 is 0 Å². The highest BCUT2D eigenvalue weighted by atomic mass is 79.9. The van der Waals surface area contributed by atoms with Crippen LogP contribution in [-0.2, 0) is 12.4 Å². The van der Waals surface area contributed by atoms with Crippen LogP contribution >= 0.6 is 27.5 Å². The summed E-state index contributed by atoms with van der Waals surface area (Å²) in [7, 11) is 1.94. The number of alkyl halides is 1. The van der Waals surface area contributed by atoms with Gasteiger partial charge in [-0.2, -0.15) is 0 Å². The summed E-state index contributed by atoms with van der Waals surface area (Å²) >= 11 is 9.25. The Bertz CT molecular complexity index is 664. The first-order valence-electron chi connectivity index (χ1n) is 6.30. The van der Waals surface area contributed by atoms with Crippen LogP contribution in [0.4, 0.5) is 11.4 Å². The maximum Gasteiger partial charge on any atom is 0.273 e. The minimum Gasteiger partial charge on any atom is -0.370 e. The van der Waals surface area contributed by atoms with Crippen molar-refractivity contribution in [3.8, 4) is 0 Å². The second kappa shape index (κ2) is 6.91. The first-order valence-corrected chi connectivity index (χ1v) is 7.63. The van der Waals surface area contributed by atoms with Crippen molar-refractivity contribution >= 4 is 38.9 Å². The molecule has 2 aromatic rings. The molecule has 0 aliphatic carbocycles. The zero-order valence-corrected chi connectivity index (χ0v) is 13.8. The SMILES string of the molecule is CN(Cc1cccc(Br)c1)c1ccc([N+](=O)[O-])c(CCl)c1. The Labute approximate surface area is 136 Å². The fourth-order valence-corrected chi connectivity index (χ4v) is 2.76. The van der Waals surface area contributed by atoms with Gasteiger partial charge in [-0.05, 0) is 29.8 Å². The molecule has 0 atom stereocenters. The summed E-state index contributed by atoms with van der Waals surface area (Å²) in [6, 6.07) is 13.0. The predicted octanol–water partition coefficient (Wildman–Crippen LogP) is 4.73. The molecular weight excluding hydrogens is 356 g/mol. The van der Waals surface area contributed by atoms with Gasteiger partial charge in [0.1, 0.15) is 0 Å². The van der Waals surface area contributed by atoms with Crippen molar-refractivity contribution in [2.45, 2.75) is 12.4 Å². The minimum absolute atomic E-state index is 0.0598. The third-order valence-corrected chi connectivity index (χ3v) is 3.93. The lowest BCUT2D eigenvalue weighted by Gasteiger charge is -2.20. The van der Waals surface area contributed by atoms with Gasteiger partial charge in [-0.25, -0.2) is 0 Å². The number of anilines is 1. The van der Waals surface area contributed by atoms with Gasteiger partial charge >= 0.3 is 0 Å². The normalized spacial score (nSPS) is 10.4. The number of hydrogen-bond donors (Lipinski definition) is 0. The van der Waals surface area contributed by atoms with E-state index in [9.17, 15) is 10.1 Å². The summed E-state index contributed by atoms with van der Waals surface area (Å²) in [6.45, 7) is 0.707. The number of nitro groups is 1. The van der Waals surface area contributed by atoms with Crippen molar-refractivity contribution in [3.63, 3.8) is 0 Å². The predicted molar refractivity (Wildman–Crippen MR) is 88.9 cm³/mol. The average Bonchev–Trinajstić information content (AvgIpc) is 2.46. The van der Waals surface area contributed by atoms with Crippen LogP contribution in [0.25, 0.3) is 0 Å². The Morgan fingerprint density at radius 2 is 2.05 bits per heavy atom. The van der Waals surface area contributed by atoms with Crippen molar-refractivity contribution < 1.29 is 4.92 Å². The standard InChI is InChI=1S/C15H14BrClN2O2/c1-18(10-11-3-2-4-13(16)7-11)14-5-6-15(19(20)21)12(8-14)9-17/h2-8H,9-10H2,1H3. The number of nitro benzene ring substituents is 1. The van der Waals surface area contributed by atoms with Gasteiger partial charge in [0, 0.05) is 35.4 Å². The van der Waals surface area contributed by atoms with Gasteiger partial charge in [0.2, 0.25) is 0 Å². The second-order valence-corrected chi connectivity index (χ2v) is 5.87. The number of halogens is 2. The van der Waals surface area contributed by atoms with E-state index in [1.54, 1.807) is 12.1 Å². The maximum absolute atomic E-state index is 10.9. The third kappa shape index (κ3) is 3.95. The zero-order valence-electron chi connectivity index (χ0n) is 11.4. The molecule has 0 fully saturated rings. The summed E-state index contributed by atoms with van der Waals surface area (Å²) < 4.78 is 1.03. The van der Waals surface area contributed by atoms with Crippen LogP contribution in [0.3, 0.4) is 0 Å². The quantitative estimate of drug-likeness (QED) is 0.435. The summed E-state index contributed by atoms with van der Waals surface area (Å²) in [4.78, 5) is 12.5. The van der Waals surface area contributed by atoms with Crippen LogP contribution in [0.5, 0.6) is 0 Å². The minimum atomic E-state index is -0.407. The summed E-state index contributed by atoms with van der Waals surface area (Å²) in [5.41, 5.74) is 2.64. The van der Waals surface area contributed by atoms with Crippen molar-refractivity contribution in [1.82, 2.24) is 0 Å². The zero-order chi connectivity index (χ0) is 15.4. The Morgan fingerprint density at radius 3 is 2.67 bits per heavy atom. The van der Waals surface area contributed by atoms with Gasteiger partial charge in [0.05, 0.1) is 10.8 Å². The van der Waals surface area contributed by atoms with Crippen LogP contribution in [0.1, 0.15) is 11.1 Å². The van der Waals surface area contributed by atoms with E-state index in [-0.39, 0.29) is 11.6 Å². The van der Waals surface area contributed by atoms with Gasteiger partial charge in [0.15, 0.2) is 0 Å². The molecule has 0 aliphatic heterocycles. The average molecular weight is 370 g/mol. The Balaban J connectivity index is 2.23. The molecule has 110 valence electrons. The fourth-order valence-electron chi connectivity index (χ4n) is 2.09. The van der Waals surface area contributed by atoms with Gasteiger partial charge in [0.25, 0.3) is 5.69 Å². The first-order chi connectivity index (χ1) is 10.0. The topological polar surface area (TPSA) is 46.4 Å². The molecule has 0 saturated carbocycles. The largest absolute Gasteiger partial charge is 0.370 e. The third-order valence-electron chi connectivity index (χ3n) is 3.15. The molecule has 0 amide bonds. The van der Waals surface area contributed by atoms with Crippen LogP contribution in [-0.4, -0.2) is 12.0 Å². The van der Waals surface area contributed by atoms with Crippen LogP contribution in [0, 0.1) is 10.1 Å². The molecule has 6 heteroatoms. The molecule has 0 unspecified atom stereocenters. The van der Waals surface area contributed by atoms with Crippen molar-refractivity contribution in [3.05, 3.63) is 68.2 Å². The molecule has 0 spiro atoms. The molecule has 0 heterocycles. The monoisotopic (exact) mass is 368 g/mol. The van der Waals surface area contributed by atoms with E-state index in [1.807, 2.05) is 36.2 Å². The van der Waals surface area contributed by atoms with E-state index in [2.05, 4.69) is 15.9 Å². The molecule has 4 nitrogen and oxygen atoms in total. The summed E-state index contributed by atoms with van der Waals surface area (Å²) in [5.74, 6) is 0.120. The Hall–Kier alpha value is -1.59.